The zero-order valence-corrected chi connectivity index (χ0v) is 24.6. The fourth-order valence-corrected chi connectivity index (χ4v) is 7.22. The lowest BCUT2D eigenvalue weighted by atomic mass is 9.81. The first kappa shape index (κ1) is 25.1. The van der Waals surface area contributed by atoms with Crippen LogP contribution in [0.25, 0.3) is 60.4 Å². The van der Waals surface area contributed by atoms with Crippen molar-refractivity contribution in [2.24, 2.45) is 0 Å². The van der Waals surface area contributed by atoms with Gasteiger partial charge in [-0.3, -0.25) is 4.98 Å². The van der Waals surface area contributed by atoms with E-state index in [9.17, 15) is 0 Å². The average Bonchev–Trinajstić information content (AvgIpc) is 3.60. The van der Waals surface area contributed by atoms with E-state index in [1.807, 2.05) is 18.3 Å². The molecule has 0 spiro atoms. The van der Waals surface area contributed by atoms with Gasteiger partial charge in [0.2, 0.25) is 0 Å². The molecule has 0 amide bonds. The molecule has 0 radical (unpaired) electrons. The molecule has 3 heteroatoms. The van der Waals surface area contributed by atoms with Crippen LogP contribution in [0.4, 0.5) is 5.69 Å². The molecular formula is C41H29N2O-. The first-order valence-corrected chi connectivity index (χ1v) is 15.2. The highest BCUT2D eigenvalue weighted by Crippen LogP contribution is 2.51. The van der Waals surface area contributed by atoms with Crippen LogP contribution in [0.5, 0.6) is 5.75 Å². The third-order valence-corrected chi connectivity index (χ3v) is 9.50. The Morgan fingerprint density at radius 1 is 0.614 bits per heavy atom. The van der Waals surface area contributed by atoms with Gasteiger partial charge in [-0.05, 0) is 91.2 Å². The molecule has 1 aliphatic heterocycles. The van der Waals surface area contributed by atoms with Gasteiger partial charge in [0.1, 0.15) is 5.75 Å². The molecule has 1 unspecified atom stereocenters. The SMILES string of the molecule is CC1(C)c2ccccc2-c2ccc(-c3ccc(-c4ccc5c(c4)[N-]C(c4ccc6ncccc6c4)O5)c4ccccc34)cc21. The summed E-state index contributed by atoms with van der Waals surface area (Å²) in [6.07, 6.45) is 1.46. The van der Waals surface area contributed by atoms with Crippen LogP contribution in [0.2, 0.25) is 0 Å². The number of rotatable bonds is 3. The van der Waals surface area contributed by atoms with Gasteiger partial charge in [0, 0.05) is 17.0 Å². The number of fused-ring (bicyclic) bond motifs is 6. The second kappa shape index (κ2) is 9.29. The van der Waals surface area contributed by atoms with Crippen molar-refractivity contribution in [3.05, 3.63) is 156 Å². The maximum atomic E-state index is 6.29. The molecule has 44 heavy (non-hydrogen) atoms. The number of hydrogen-bond acceptors (Lipinski definition) is 2. The van der Waals surface area contributed by atoms with Gasteiger partial charge >= 0.3 is 0 Å². The van der Waals surface area contributed by atoms with E-state index in [1.54, 1.807) is 0 Å². The largest absolute Gasteiger partial charge is 0.643 e. The second-order valence-corrected chi connectivity index (χ2v) is 12.4. The lowest BCUT2D eigenvalue weighted by molar-refractivity contribution is 0.270. The van der Waals surface area contributed by atoms with Crippen molar-refractivity contribution in [2.45, 2.75) is 25.5 Å². The van der Waals surface area contributed by atoms with E-state index in [4.69, 9.17) is 10.1 Å². The van der Waals surface area contributed by atoms with Crippen molar-refractivity contribution >= 4 is 27.4 Å². The quantitative estimate of drug-likeness (QED) is 0.214. The van der Waals surface area contributed by atoms with Crippen molar-refractivity contribution in [1.29, 1.82) is 0 Å². The van der Waals surface area contributed by atoms with Gasteiger partial charge in [0.05, 0.1) is 11.7 Å². The van der Waals surface area contributed by atoms with Gasteiger partial charge < -0.3 is 10.1 Å². The zero-order valence-electron chi connectivity index (χ0n) is 24.6. The van der Waals surface area contributed by atoms with Crippen LogP contribution in [-0.2, 0) is 5.41 Å². The molecule has 0 fully saturated rings. The van der Waals surface area contributed by atoms with Crippen LogP contribution in [0, 0.1) is 0 Å². The molecule has 2 aliphatic rings. The minimum Gasteiger partial charge on any atom is -0.643 e. The van der Waals surface area contributed by atoms with E-state index in [1.165, 1.54) is 49.7 Å². The number of hydrogen-bond donors (Lipinski definition) is 0. The maximum Gasteiger partial charge on any atom is 0.103 e. The molecule has 0 saturated carbocycles. The first-order valence-electron chi connectivity index (χ1n) is 15.2. The topological polar surface area (TPSA) is 36.2 Å². The van der Waals surface area contributed by atoms with Crippen LogP contribution in [0.1, 0.15) is 36.8 Å². The van der Waals surface area contributed by atoms with E-state index in [2.05, 4.69) is 134 Å². The Balaban J connectivity index is 1.09. The molecule has 0 bridgehead atoms. The highest BCUT2D eigenvalue weighted by atomic mass is 16.5. The van der Waals surface area contributed by atoms with Gasteiger partial charge in [-0.15, -0.1) is 0 Å². The number of benzene rings is 6. The predicted molar refractivity (Wildman–Crippen MR) is 181 cm³/mol. The number of ether oxygens (including phenoxy) is 1. The molecule has 7 aromatic rings. The highest BCUT2D eigenvalue weighted by Gasteiger charge is 2.35. The molecule has 2 heterocycles. The molecule has 1 aliphatic carbocycles. The summed E-state index contributed by atoms with van der Waals surface area (Å²) in [5.74, 6) is 0.813. The lowest BCUT2D eigenvalue weighted by Gasteiger charge is -2.23. The van der Waals surface area contributed by atoms with Gasteiger partial charge in [-0.1, -0.05) is 117 Å². The minimum absolute atomic E-state index is 0.0325. The van der Waals surface area contributed by atoms with E-state index in [0.29, 0.717) is 0 Å². The van der Waals surface area contributed by atoms with E-state index >= 15 is 0 Å². The van der Waals surface area contributed by atoms with Crippen molar-refractivity contribution < 1.29 is 4.74 Å². The van der Waals surface area contributed by atoms with Gasteiger partial charge in [-0.25, -0.2) is 0 Å². The second-order valence-electron chi connectivity index (χ2n) is 12.4. The van der Waals surface area contributed by atoms with Crippen LogP contribution in [-0.4, -0.2) is 4.98 Å². The van der Waals surface area contributed by atoms with Gasteiger partial charge in [-0.2, -0.15) is 0 Å². The Hall–Kier alpha value is -5.41. The first-order chi connectivity index (χ1) is 21.5. The monoisotopic (exact) mass is 565 g/mol. The fraction of sp³-hybridized carbons (Fsp3) is 0.0976. The van der Waals surface area contributed by atoms with Crippen molar-refractivity contribution in [3.63, 3.8) is 0 Å². The van der Waals surface area contributed by atoms with Gasteiger partial charge in [0.15, 0.2) is 0 Å². The summed E-state index contributed by atoms with van der Waals surface area (Å²) in [6.45, 7) is 4.68. The number of aromatic nitrogens is 1. The standard InChI is InChI=1S/C41H29N2O/c1-41(2)35-12-6-5-11-33(35)34-16-13-25(23-36(34)41)29-17-18-30(32-10-4-3-9-31(29)32)26-15-20-39-38(24-26)43-40(44-39)28-14-19-37-27(22-28)8-7-21-42-37/h3-24,40H,1-2H3/q-1. The smallest absolute Gasteiger partial charge is 0.103 e. The minimum atomic E-state index is -0.362. The lowest BCUT2D eigenvalue weighted by Crippen LogP contribution is -2.14. The summed E-state index contributed by atoms with van der Waals surface area (Å²) < 4.78 is 6.29. The van der Waals surface area contributed by atoms with Crippen LogP contribution in [0.3, 0.4) is 0 Å². The summed E-state index contributed by atoms with van der Waals surface area (Å²) in [7, 11) is 0. The highest BCUT2D eigenvalue weighted by molar-refractivity contribution is 6.05. The molecule has 3 nitrogen and oxygen atoms in total. The molecule has 9 rings (SSSR count). The third kappa shape index (κ3) is 3.72. The Bertz CT molecular complexity index is 2280. The van der Waals surface area contributed by atoms with Crippen LogP contribution < -0.4 is 4.74 Å². The van der Waals surface area contributed by atoms with E-state index in [0.717, 1.165) is 33.5 Å². The Kier molecular flexibility index (Phi) is 5.31. The predicted octanol–water partition coefficient (Wildman–Crippen LogP) is 11.1. The van der Waals surface area contributed by atoms with E-state index in [-0.39, 0.29) is 11.6 Å². The molecule has 0 N–H and O–H groups in total. The number of pyridine rings is 1. The van der Waals surface area contributed by atoms with Crippen molar-refractivity contribution in [1.82, 2.24) is 4.98 Å². The van der Waals surface area contributed by atoms with E-state index < -0.39 is 0 Å². The van der Waals surface area contributed by atoms with Crippen LogP contribution >= 0.6 is 0 Å². The summed E-state index contributed by atoms with van der Waals surface area (Å²) in [6, 6.07) is 45.7. The molecule has 1 aromatic heterocycles. The fourth-order valence-electron chi connectivity index (χ4n) is 7.22. The van der Waals surface area contributed by atoms with Crippen molar-refractivity contribution in [3.8, 4) is 39.1 Å². The Morgan fingerprint density at radius 3 is 2.16 bits per heavy atom. The van der Waals surface area contributed by atoms with Gasteiger partial charge in [0.25, 0.3) is 0 Å². The molecule has 1 atom stereocenters. The zero-order chi connectivity index (χ0) is 29.4. The summed E-state index contributed by atoms with van der Waals surface area (Å²) >= 11 is 0. The summed E-state index contributed by atoms with van der Waals surface area (Å²) in [5, 5.41) is 8.54. The third-order valence-electron chi connectivity index (χ3n) is 9.50. The Morgan fingerprint density at radius 2 is 1.32 bits per heavy atom. The summed E-state index contributed by atoms with van der Waals surface area (Å²) in [4.78, 5) is 4.44. The Labute approximate surface area is 256 Å². The maximum absolute atomic E-state index is 6.29. The molecule has 6 aromatic carbocycles. The molecular weight excluding hydrogens is 536 g/mol. The normalized spacial score (nSPS) is 15.8. The average molecular weight is 566 g/mol. The van der Waals surface area contributed by atoms with Crippen molar-refractivity contribution in [2.75, 3.05) is 0 Å². The number of nitrogens with zero attached hydrogens (tertiary/aromatic N) is 2. The molecule has 210 valence electrons. The molecule has 0 saturated heterocycles. The van der Waals surface area contributed by atoms with Crippen LogP contribution in [0.15, 0.2) is 134 Å². The summed E-state index contributed by atoms with van der Waals surface area (Å²) in [5.41, 5.74) is 13.2.